The van der Waals surface area contributed by atoms with Crippen LogP contribution in [0.25, 0.3) is 16.9 Å². The van der Waals surface area contributed by atoms with Crippen LogP contribution >= 0.6 is 11.3 Å². The molecule has 0 aliphatic heterocycles. The lowest BCUT2D eigenvalue weighted by molar-refractivity contribution is -0.137. The Labute approximate surface area is 188 Å². The van der Waals surface area contributed by atoms with Crippen LogP contribution in [0.1, 0.15) is 21.7 Å². The van der Waals surface area contributed by atoms with Gasteiger partial charge in [-0.3, -0.25) is 14.9 Å². The van der Waals surface area contributed by atoms with E-state index in [1.807, 2.05) is 0 Å². The van der Waals surface area contributed by atoms with Crippen LogP contribution in [0.5, 0.6) is 0 Å². The maximum Gasteiger partial charge on any atom is 0.418 e. The zero-order valence-electron chi connectivity index (χ0n) is 16.9. The fourth-order valence-electron chi connectivity index (χ4n) is 3.09. The van der Waals surface area contributed by atoms with Crippen LogP contribution in [0.15, 0.2) is 64.8 Å². The summed E-state index contributed by atoms with van der Waals surface area (Å²) in [7, 11) is 0. The predicted octanol–water partition coefficient (Wildman–Crippen LogP) is 5.07. The molecule has 2 heterocycles. The smallest absolute Gasteiger partial charge is 0.296 e. The minimum atomic E-state index is -4.66. The lowest BCUT2D eigenvalue weighted by atomic mass is 10.1. The van der Waals surface area contributed by atoms with Gasteiger partial charge in [-0.1, -0.05) is 12.1 Å². The summed E-state index contributed by atoms with van der Waals surface area (Å²) in [5, 5.41) is 8.12. The van der Waals surface area contributed by atoms with Gasteiger partial charge in [-0.15, -0.1) is 11.3 Å². The molecule has 0 bridgehead atoms. The summed E-state index contributed by atoms with van der Waals surface area (Å²) >= 11 is 1.06. The summed E-state index contributed by atoms with van der Waals surface area (Å²) in [4.78, 5) is 29.3. The molecule has 0 radical (unpaired) electrons. The number of aromatic nitrogens is 3. The second-order valence-corrected chi connectivity index (χ2v) is 7.78. The van der Waals surface area contributed by atoms with Crippen LogP contribution < -0.4 is 10.7 Å². The molecule has 168 valence electrons. The molecule has 6 nitrogen and oxygen atoms in total. The number of hydrogen-bond acceptors (Lipinski definition) is 5. The van der Waals surface area contributed by atoms with Crippen LogP contribution in [0.4, 0.5) is 22.7 Å². The molecule has 33 heavy (non-hydrogen) atoms. The molecule has 1 N–H and O–H groups in total. The Bertz CT molecular complexity index is 1390. The number of nitrogens with one attached hydrogen (secondary N) is 1. The maximum absolute atomic E-state index is 13.4. The molecule has 4 rings (SSSR count). The molecule has 2 aromatic carbocycles. The summed E-state index contributed by atoms with van der Waals surface area (Å²) in [6.45, 7) is 1.42. The van der Waals surface area contributed by atoms with Gasteiger partial charge in [-0.25, -0.2) is 14.1 Å². The fourth-order valence-corrected chi connectivity index (χ4v) is 3.80. The van der Waals surface area contributed by atoms with Gasteiger partial charge in [-0.05, 0) is 43.3 Å². The van der Waals surface area contributed by atoms with E-state index in [1.54, 1.807) is 5.38 Å². The van der Waals surface area contributed by atoms with Gasteiger partial charge in [0.1, 0.15) is 5.82 Å². The zero-order chi connectivity index (χ0) is 23.8. The minimum Gasteiger partial charge on any atom is -0.296 e. The highest BCUT2D eigenvalue weighted by Crippen LogP contribution is 2.33. The number of amides is 1. The Morgan fingerprint density at radius 3 is 2.48 bits per heavy atom. The van der Waals surface area contributed by atoms with Crippen molar-refractivity contribution in [1.82, 2.24) is 14.8 Å². The second kappa shape index (κ2) is 8.58. The molecule has 0 fully saturated rings. The van der Waals surface area contributed by atoms with Crippen molar-refractivity contribution in [3.63, 3.8) is 0 Å². The Kier molecular flexibility index (Phi) is 5.81. The highest BCUT2D eigenvalue weighted by atomic mass is 32.1. The van der Waals surface area contributed by atoms with Gasteiger partial charge in [0, 0.05) is 22.7 Å². The van der Waals surface area contributed by atoms with Gasteiger partial charge in [-0.2, -0.15) is 18.3 Å². The molecule has 0 saturated carbocycles. The van der Waals surface area contributed by atoms with E-state index >= 15 is 0 Å². The number of benzene rings is 2. The highest BCUT2D eigenvalue weighted by Gasteiger charge is 2.34. The zero-order valence-corrected chi connectivity index (χ0v) is 17.7. The largest absolute Gasteiger partial charge is 0.418 e. The Morgan fingerprint density at radius 2 is 1.79 bits per heavy atom. The normalized spacial score (nSPS) is 11.4. The average Bonchev–Trinajstić information content (AvgIpc) is 3.22. The molecule has 0 spiro atoms. The monoisotopic (exact) mass is 474 g/mol. The van der Waals surface area contributed by atoms with Crippen molar-refractivity contribution in [1.29, 1.82) is 0 Å². The Balaban J connectivity index is 1.66. The van der Waals surface area contributed by atoms with Gasteiger partial charge in [0.15, 0.2) is 10.8 Å². The number of alkyl halides is 3. The Morgan fingerprint density at radius 1 is 1.09 bits per heavy atom. The van der Waals surface area contributed by atoms with Crippen LogP contribution in [-0.4, -0.2) is 20.7 Å². The van der Waals surface area contributed by atoms with Gasteiger partial charge in [0.05, 0.1) is 16.9 Å². The average molecular weight is 474 g/mol. The van der Waals surface area contributed by atoms with Crippen molar-refractivity contribution in [2.24, 2.45) is 0 Å². The van der Waals surface area contributed by atoms with Crippen LogP contribution in [0.2, 0.25) is 0 Å². The lowest BCUT2D eigenvalue weighted by Gasteiger charge is -2.16. The number of para-hydroxylation sites is 1. The first-order valence-electron chi connectivity index (χ1n) is 9.44. The second-order valence-electron chi connectivity index (χ2n) is 6.92. The summed E-state index contributed by atoms with van der Waals surface area (Å²) in [5.41, 5.74) is -1.39. The van der Waals surface area contributed by atoms with E-state index in [4.69, 9.17) is 0 Å². The number of rotatable bonds is 4. The third-order valence-electron chi connectivity index (χ3n) is 4.62. The van der Waals surface area contributed by atoms with E-state index in [2.05, 4.69) is 15.4 Å². The van der Waals surface area contributed by atoms with Gasteiger partial charge >= 0.3 is 6.18 Å². The molecular weight excluding hydrogens is 460 g/mol. The summed E-state index contributed by atoms with van der Waals surface area (Å²) < 4.78 is 54.3. The number of carbonyl (C=O) groups is 1. The molecule has 1 amide bonds. The fraction of sp³-hybridized carbons (Fsp3) is 0.0909. The van der Waals surface area contributed by atoms with E-state index in [-0.39, 0.29) is 16.5 Å². The Hall–Kier alpha value is -3.86. The van der Waals surface area contributed by atoms with Crippen molar-refractivity contribution in [3.8, 4) is 16.9 Å². The van der Waals surface area contributed by atoms with Crippen molar-refractivity contribution in [3.05, 3.63) is 93.0 Å². The molecule has 11 heteroatoms. The third kappa shape index (κ3) is 4.67. The van der Waals surface area contributed by atoms with Gasteiger partial charge in [0.2, 0.25) is 5.43 Å². The number of nitrogens with zero attached hydrogens (tertiary/aromatic N) is 3. The minimum absolute atomic E-state index is 0.126. The molecular formula is C22H14F4N4O2S. The van der Waals surface area contributed by atoms with Crippen LogP contribution in [0.3, 0.4) is 0 Å². The molecule has 0 aliphatic rings. The highest BCUT2D eigenvalue weighted by molar-refractivity contribution is 7.14. The first kappa shape index (κ1) is 22.3. The molecule has 0 atom stereocenters. The number of halogens is 4. The number of thiazole rings is 1. The van der Waals surface area contributed by atoms with Crippen molar-refractivity contribution in [2.45, 2.75) is 13.1 Å². The quantitative estimate of drug-likeness (QED) is 0.419. The summed E-state index contributed by atoms with van der Waals surface area (Å²) in [5.74, 6) is -1.32. The first-order valence-corrected chi connectivity index (χ1v) is 10.3. The molecule has 4 aromatic rings. The maximum atomic E-state index is 13.4. The summed E-state index contributed by atoms with van der Waals surface area (Å²) in [6.07, 6.45) is -4.66. The van der Waals surface area contributed by atoms with Crippen molar-refractivity contribution < 1.29 is 22.4 Å². The van der Waals surface area contributed by atoms with E-state index in [0.29, 0.717) is 11.3 Å². The van der Waals surface area contributed by atoms with Crippen molar-refractivity contribution in [2.75, 3.05) is 5.32 Å². The predicted molar refractivity (Wildman–Crippen MR) is 115 cm³/mol. The van der Waals surface area contributed by atoms with E-state index in [9.17, 15) is 27.2 Å². The number of hydrogen-bond donors (Lipinski definition) is 1. The topological polar surface area (TPSA) is 76.9 Å². The number of aryl methyl sites for hydroxylation is 1. The van der Waals surface area contributed by atoms with Gasteiger partial charge < -0.3 is 0 Å². The van der Waals surface area contributed by atoms with Crippen LogP contribution in [-0.2, 0) is 6.18 Å². The van der Waals surface area contributed by atoms with E-state index in [0.717, 1.165) is 28.2 Å². The molecule has 2 aromatic heterocycles. The summed E-state index contributed by atoms with van der Waals surface area (Å²) in [6, 6.07) is 11.3. The first-order chi connectivity index (χ1) is 15.6. The molecule has 0 unspecified atom stereocenters. The van der Waals surface area contributed by atoms with Gasteiger partial charge in [0.25, 0.3) is 5.91 Å². The molecule has 0 aliphatic carbocycles. The standard InChI is InChI=1S/C22H14F4N4O2S/c1-12-10-18(31)19(29-30(12)17-5-3-2-4-15(17)22(24,25)26)20(32)28-21-27-16(11-33-21)13-6-8-14(23)9-7-13/h2-11H,1H3,(H,27,28,32). The number of carbonyl (C=O) groups excluding carboxylic acids is 1. The number of anilines is 1. The lowest BCUT2D eigenvalue weighted by Crippen LogP contribution is -2.27. The molecule has 0 saturated heterocycles. The van der Waals surface area contributed by atoms with Crippen molar-refractivity contribution >= 4 is 22.4 Å². The SMILES string of the molecule is Cc1cc(=O)c(C(=O)Nc2nc(-c3ccc(F)cc3)cs2)nn1-c1ccccc1C(F)(F)F. The van der Waals surface area contributed by atoms with E-state index < -0.39 is 34.6 Å². The van der Waals surface area contributed by atoms with E-state index in [1.165, 1.54) is 49.4 Å². The van der Waals surface area contributed by atoms with Crippen LogP contribution in [0, 0.1) is 12.7 Å². The third-order valence-corrected chi connectivity index (χ3v) is 5.38.